The number of alkyl halides is 3. The molecule has 0 fully saturated rings. The molecular weight excluding hydrogens is 257 g/mol. The summed E-state index contributed by atoms with van der Waals surface area (Å²) in [6.07, 6.45) is 0.757. The normalized spacial score (nSPS) is 15.8. The van der Waals surface area contributed by atoms with Crippen LogP contribution in [-0.4, -0.2) is 6.47 Å². The molecule has 5 heteroatoms. The summed E-state index contributed by atoms with van der Waals surface area (Å²) in [4.78, 5) is 10.2. The zero-order valence-electron chi connectivity index (χ0n) is 10.2. The summed E-state index contributed by atoms with van der Waals surface area (Å²) in [6, 6.07) is 3.63. The topological polar surface area (TPSA) is 26.3 Å². The SMILES string of the molecule is O=COc1ccc(C2=CCCCC2)c(C(F)(F)F)c1. The summed E-state index contributed by atoms with van der Waals surface area (Å²) in [5, 5.41) is 0. The summed E-state index contributed by atoms with van der Waals surface area (Å²) in [5.41, 5.74) is 0.154. The fraction of sp³-hybridized carbons (Fsp3) is 0.357. The van der Waals surface area contributed by atoms with E-state index in [1.54, 1.807) is 0 Å². The smallest absolute Gasteiger partial charge is 0.417 e. The number of rotatable bonds is 3. The Hall–Kier alpha value is -1.78. The molecule has 2 rings (SSSR count). The zero-order valence-corrected chi connectivity index (χ0v) is 10.2. The third kappa shape index (κ3) is 3.16. The molecule has 0 aromatic heterocycles. The number of benzene rings is 1. The van der Waals surface area contributed by atoms with E-state index in [0.29, 0.717) is 6.42 Å². The van der Waals surface area contributed by atoms with Crippen LogP contribution in [0, 0.1) is 0 Å². The minimum absolute atomic E-state index is 0.0949. The van der Waals surface area contributed by atoms with Gasteiger partial charge in [0.2, 0.25) is 0 Å². The second kappa shape index (κ2) is 5.47. The molecule has 19 heavy (non-hydrogen) atoms. The van der Waals surface area contributed by atoms with Crippen molar-refractivity contribution in [2.45, 2.75) is 31.9 Å². The number of hydrogen-bond donors (Lipinski definition) is 0. The fourth-order valence-electron chi connectivity index (χ4n) is 2.25. The molecule has 1 aromatic rings. The molecule has 0 unspecified atom stereocenters. The molecule has 1 aliphatic carbocycles. The Balaban J connectivity index is 2.47. The third-order valence-corrected chi connectivity index (χ3v) is 3.12. The molecule has 0 heterocycles. The molecular formula is C14H13F3O2. The maximum atomic E-state index is 13.1. The molecule has 2 nitrogen and oxygen atoms in total. The van der Waals surface area contributed by atoms with Crippen LogP contribution in [-0.2, 0) is 11.0 Å². The van der Waals surface area contributed by atoms with Gasteiger partial charge in [-0.25, -0.2) is 0 Å². The van der Waals surface area contributed by atoms with Crippen molar-refractivity contribution >= 4 is 12.0 Å². The molecule has 0 radical (unpaired) electrons. The van der Waals surface area contributed by atoms with E-state index in [9.17, 15) is 18.0 Å². The van der Waals surface area contributed by atoms with Crippen LogP contribution in [0.4, 0.5) is 13.2 Å². The van der Waals surface area contributed by atoms with E-state index in [1.807, 2.05) is 6.08 Å². The molecule has 0 saturated carbocycles. The van der Waals surface area contributed by atoms with Crippen molar-refractivity contribution in [3.05, 3.63) is 35.4 Å². The van der Waals surface area contributed by atoms with Gasteiger partial charge in [0, 0.05) is 0 Å². The van der Waals surface area contributed by atoms with Gasteiger partial charge in [0.25, 0.3) is 6.47 Å². The molecule has 0 amide bonds. The number of hydrogen-bond acceptors (Lipinski definition) is 2. The Bertz CT molecular complexity index is 504. The van der Waals surface area contributed by atoms with Crippen molar-refractivity contribution in [1.29, 1.82) is 0 Å². The highest BCUT2D eigenvalue weighted by Crippen LogP contribution is 2.39. The van der Waals surface area contributed by atoms with Gasteiger partial charge in [-0.05, 0) is 49.0 Å². The van der Waals surface area contributed by atoms with Crippen LogP contribution in [0.25, 0.3) is 5.57 Å². The van der Waals surface area contributed by atoms with Crippen molar-refractivity contribution in [1.82, 2.24) is 0 Å². The Labute approximate surface area is 108 Å². The number of halogens is 3. The summed E-state index contributed by atoms with van der Waals surface area (Å²) in [6.45, 7) is 0.120. The van der Waals surface area contributed by atoms with Gasteiger partial charge in [-0.2, -0.15) is 13.2 Å². The van der Waals surface area contributed by atoms with E-state index in [4.69, 9.17) is 0 Å². The van der Waals surface area contributed by atoms with Gasteiger partial charge in [0.05, 0.1) is 5.56 Å². The van der Waals surface area contributed by atoms with Crippen LogP contribution >= 0.6 is 0 Å². The van der Waals surface area contributed by atoms with E-state index >= 15 is 0 Å². The van der Waals surface area contributed by atoms with Crippen LogP contribution < -0.4 is 4.74 Å². The zero-order chi connectivity index (χ0) is 13.9. The minimum Gasteiger partial charge on any atom is -0.429 e. The third-order valence-electron chi connectivity index (χ3n) is 3.12. The van der Waals surface area contributed by atoms with Crippen LogP contribution in [0.15, 0.2) is 24.3 Å². The quantitative estimate of drug-likeness (QED) is 0.769. The van der Waals surface area contributed by atoms with Gasteiger partial charge in [0.1, 0.15) is 5.75 Å². The van der Waals surface area contributed by atoms with Crippen molar-refractivity contribution in [3.8, 4) is 5.75 Å². The van der Waals surface area contributed by atoms with Crippen LogP contribution in [0.2, 0.25) is 0 Å². The van der Waals surface area contributed by atoms with E-state index < -0.39 is 11.7 Å². The monoisotopic (exact) mass is 270 g/mol. The first kappa shape index (κ1) is 13.6. The molecule has 1 aliphatic rings. The van der Waals surface area contributed by atoms with Crippen LogP contribution in [0.3, 0.4) is 0 Å². The second-order valence-corrected chi connectivity index (χ2v) is 4.39. The molecule has 0 N–H and O–H groups in total. The van der Waals surface area contributed by atoms with Crippen LogP contribution in [0.1, 0.15) is 36.8 Å². The van der Waals surface area contributed by atoms with Gasteiger partial charge in [-0.15, -0.1) is 0 Å². The number of carbonyl (C=O) groups is 1. The van der Waals surface area contributed by atoms with E-state index in [2.05, 4.69) is 4.74 Å². The van der Waals surface area contributed by atoms with Crippen molar-refractivity contribution in [3.63, 3.8) is 0 Å². The largest absolute Gasteiger partial charge is 0.429 e. The maximum absolute atomic E-state index is 13.1. The number of ether oxygens (including phenoxy) is 1. The highest BCUT2D eigenvalue weighted by molar-refractivity contribution is 5.70. The van der Waals surface area contributed by atoms with Crippen molar-refractivity contribution < 1.29 is 22.7 Å². The first-order valence-corrected chi connectivity index (χ1v) is 6.03. The lowest BCUT2D eigenvalue weighted by atomic mass is 9.90. The molecule has 0 aliphatic heterocycles. The highest BCUT2D eigenvalue weighted by Gasteiger charge is 2.34. The summed E-state index contributed by atoms with van der Waals surface area (Å²) < 4.78 is 43.6. The van der Waals surface area contributed by atoms with Crippen molar-refractivity contribution in [2.75, 3.05) is 0 Å². The Morgan fingerprint density at radius 3 is 2.58 bits per heavy atom. The maximum Gasteiger partial charge on any atom is 0.417 e. The number of allylic oxidation sites excluding steroid dienone is 2. The fourth-order valence-corrected chi connectivity index (χ4v) is 2.25. The molecule has 0 atom stereocenters. The van der Waals surface area contributed by atoms with E-state index in [1.165, 1.54) is 12.1 Å². The van der Waals surface area contributed by atoms with Crippen molar-refractivity contribution in [2.24, 2.45) is 0 Å². The van der Waals surface area contributed by atoms with Gasteiger partial charge in [-0.1, -0.05) is 12.1 Å². The lowest BCUT2D eigenvalue weighted by Gasteiger charge is -2.18. The summed E-state index contributed by atoms with van der Waals surface area (Å²) >= 11 is 0. The van der Waals surface area contributed by atoms with Gasteiger partial charge in [-0.3, -0.25) is 4.79 Å². The Morgan fingerprint density at radius 1 is 1.21 bits per heavy atom. The summed E-state index contributed by atoms with van der Waals surface area (Å²) in [5.74, 6) is -0.0949. The Kier molecular flexibility index (Phi) is 3.93. The van der Waals surface area contributed by atoms with Gasteiger partial charge < -0.3 is 4.74 Å². The lowest BCUT2D eigenvalue weighted by Crippen LogP contribution is -2.10. The van der Waals surface area contributed by atoms with Gasteiger partial charge >= 0.3 is 6.18 Å². The molecule has 1 aromatic carbocycles. The number of carbonyl (C=O) groups excluding carboxylic acids is 1. The first-order valence-electron chi connectivity index (χ1n) is 6.03. The van der Waals surface area contributed by atoms with E-state index in [0.717, 1.165) is 30.9 Å². The van der Waals surface area contributed by atoms with Gasteiger partial charge in [0.15, 0.2) is 0 Å². The molecule has 102 valence electrons. The Morgan fingerprint density at radius 2 is 2.00 bits per heavy atom. The predicted molar refractivity (Wildman–Crippen MR) is 64.6 cm³/mol. The standard InChI is InChI=1S/C14H13F3O2/c15-14(16,17)13-8-11(19-9-18)6-7-12(13)10-4-2-1-3-5-10/h4,6-9H,1-3,5H2. The average Bonchev–Trinajstić information content (AvgIpc) is 2.39. The first-order chi connectivity index (χ1) is 9.02. The molecule has 0 bridgehead atoms. The molecule has 0 saturated heterocycles. The van der Waals surface area contributed by atoms with Crippen LogP contribution in [0.5, 0.6) is 5.75 Å². The lowest BCUT2D eigenvalue weighted by molar-refractivity contribution is -0.138. The molecule has 0 spiro atoms. The van der Waals surface area contributed by atoms with E-state index in [-0.39, 0.29) is 17.8 Å². The predicted octanol–water partition coefficient (Wildman–Crippen LogP) is 4.20. The second-order valence-electron chi connectivity index (χ2n) is 4.39. The highest BCUT2D eigenvalue weighted by atomic mass is 19.4. The minimum atomic E-state index is -4.46. The average molecular weight is 270 g/mol. The summed E-state index contributed by atoms with van der Waals surface area (Å²) in [7, 11) is 0.